The van der Waals surface area contributed by atoms with E-state index in [9.17, 15) is 4.79 Å². The summed E-state index contributed by atoms with van der Waals surface area (Å²) in [5.74, 6) is 0.475. The van der Waals surface area contributed by atoms with Gasteiger partial charge in [0.05, 0.1) is 0 Å². The van der Waals surface area contributed by atoms with Gasteiger partial charge in [0.2, 0.25) is 0 Å². The summed E-state index contributed by atoms with van der Waals surface area (Å²) < 4.78 is 5.40. The van der Waals surface area contributed by atoms with Crippen LogP contribution >= 0.6 is 0 Å². The lowest BCUT2D eigenvalue weighted by atomic mass is 9.91. The third-order valence-corrected chi connectivity index (χ3v) is 2.92. The molecule has 2 atom stereocenters. The fourth-order valence-electron chi connectivity index (χ4n) is 2.05. The molecule has 1 heterocycles. The molecule has 1 N–H and O–H groups in total. The van der Waals surface area contributed by atoms with Crippen LogP contribution in [0.1, 0.15) is 53.9 Å². The Balaban J connectivity index is 2.50. The van der Waals surface area contributed by atoms with Gasteiger partial charge in [0, 0.05) is 6.04 Å². The summed E-state index contributed by atoms with van der Waals surface area (Å²) in [6.45, 7) is 10.1. The molecule has 0 aliphatic carbocycles. The van der Waals surface area contributed by atoms with Gasteiger partial charge < -0.3 is 10.1 Å². The fourth-order valence-corrected chi connectivity index (χ4v) is 2.05. The Morgan fingerprint density at radius 1 is 1.31 bits per heavy atom. The summed E-state index contributed by atoms with van der Waals surface area (Å²) in [4.78, 5) is 11.9. The minimum absolute atomic E-state index is 0.0992. The van der Waals surface area contributed by atoms with Crippen LogP contribution in [0.2, 0.25) is 0 Å². The number of hydrogen-bond acceptors (Lipinski definition) is 3. The molecular weight excluding hydrogens is 202 g/mol. The molecule has 3 heteroatoms. The molecule has 0 saturated carbocycles. The van der Waals surface area contributed by atoms with E-state index < -0.39 is 0 Å². The second-order valence-corrected chi connectivity index (χ2v) is 6.03. The molecule has 1 saturated heterocycles. The van der Waals surface area contributed by atoms with E-state index in [-0.39, 0.29) is 17.6 Å². The lowest BCUT2D eigenvalue weighted by Gasteiger charge is -2.33. The van der Waals surface area contributed by atoms with Gasteiger partial charge in [-0.1, -0.05) is 13.8 Å². The van der Waals surface area contributed by atoms with Crippen molar-refractivity contribution in [1.82, 2.24) is 5.32 Å². The Morgan fingerprint density at radius 2 is 1.94 bits per heavy atom. The monoisotopic (exact) mass is 227 g/mol. The van der Waals surface area contributed by atoms with Crippen LogP contribution in [0.3, 0.4) is 0 Å². The lowest BCUT2D eigenvalue weighted by Crippen LogP contribution is -2.50. The summed E-state index contributed by atoms with van der Waals surface area (Å²) >= 11 is 0. The zero-order chi connectivity index (χ0) is 12.3. The van der Waals surface area contributed by atoms with Crippen LogP contribution < -0.4 is 5.32 Å². The number of nitrogens with one attached hydrogen (secondary N) is 1. The first kappa shape index (κ1) is 13.5. The van der Waals surface area contributed by atoms with E-state index in [0.29, 0.717) is 12.0 Å². The fraction of sp³-hybridized carbons (Fsp3) is 0.923. The van der Waals surface area contributed by atoms with Crippen molar-refractivity contribution >= 4 is 5.97 Å². The van der Waals surface area contributed by atoms with Crippen LogP contribution in [0.5, 0.6) is 0 Å². The van der Waals surface area contributed by atoms with Crippen LogP contribution in [0.15, 0.2) is 0 Å². The van der Waals surface area contributed by atoms with Gasteiger partial charge in [-0.15, -0.1) is 0 Å². The van der Waals surface area contributed by atoms with Crippen molar-refractivity contribution in [2.75, 3.05) is 0 Å². The van der Waals surface area contributed by atoms with Crippen molar-refractivity contribution in [2.45, 2.75) is 71.6 Å². The van der Waals surface area contributed by atoms with Gasteiger partial charge in [-0.2, -0.15) is 0 Å². The first-order chi connectivity index (χ1) is 7.29. The van der Waals surface area contributed by atoms with Crippen LogP contribution in [0.25, 0.3) is 0 Å². The average molecular weight is 227 g/mol. The second kappa shape index (κ2) is 5.17. The van der Waals surface area contributed by atoms with E-state index in [4.69, 9.17) is 4.74 Å². The number of piperidine rings is 1. The predicted molar refractivity (Wildman–Crippen MR) is 65.2 cm³/mol. The zero-order valence-corrected chi connectivity index (χ0v) is 11.2. The summed E-state index contributed by atoms with van der Waals surface area (Å²) in [7, 11) is 0. The van der Waals surface area contributed by atoms with Gasteiger partial charge >= 0.3 is 5.97 Å². The quantitative estimate of drug-likeness (QED) is 0.737. The summed E-state index contributed by atoms with van der Waals surface area (Å²) in [5.41, 5.74) is -0.385. The SMILES string of the molecule is CC(C)[C@H]1CCC[C@@H](C(=O)OC(C)(C)C)N1. The van der Waals surface area contributed by atoms with Gasteiger partial charge in [-0.25, -0.2) is 0 Å². The number of carbonyl (C=O) groups excluding carboxylic acids is 1. The van der Waals surface area contributed by atoms with Crippen molar-refractivity contribution in [3.05, 3.63) is 0 Å². The molecule has 1 aliphatic heterocycles. The maximum Gasteiger partial charge on any atom is 0.323 e. The first-order valence-corrected chi connectivity index (χ1v) is 6.28. The van der Waals surface area contributed by atoms with E-state index >= 15 is 0 Å². The number of carbonyl (C=O) groups is 1. The summed E-state index contributed by atoms with van der Waals surface area (Å²) in [5, 5.41) is 3.40. The first-order valence-electron chi connectivity index (χ1n) is 6.28. The maximum atomic E-state index is 11.9. The van der Waals surface area contributed by atoms with Gasteiger partial charge in [0.1, 0.15) is 11.6 Å². The highest BCUT2D eigenvalue weighted by atomic mass is 16.6. The van der Waals surface area contributed by atoms with Crippen LogP contribution in [0.4, 0.5) is 0 Å². The van der Waals surface area contributed by atoms with E-state index in [1.54, 1.807) is 0 Å². The van der Waals surface area contributed by atoms with E-state index in [0.717, 1.165) is 19.3 Å². The van der Waals surface area contributed by atoms with Gasteiger partial charge in [-0.3, -0.25) is 4.79 Å². The Morgan fingerprint density at radius 3 is 2.44 bits per heavy atom. The number of hydrogen-bond donors (Lipinski definition) is 1. The Kier molecular flexibility index (Phi) is 4.36. The van der Waals surface area contributed by atoms with Crippen molar-refractivity contribution < 1.29 is 9.53 Å². The van der Waals surface area contributed by atoms with Crippen LogP contribution in [-0.2, 0) is 9.53 Å². The molecule has 0 radical (unpaired) electrons. The minimum Gasteiger partial charge on any atom is -0.459 e. The second-order valence-electron chi connectivity index (χ2n) is 6.03. The standard InChI is InChI=1S/C13H25NO2/c1-9(2)10-7-6-8-11(14-10)12(15)16-13(3,4)5/h9-11,14H,6-8H2,1-5H3/t10-,11+/m1/s1. The largest absolute Gasteiger partial charge is 0.459 e. The Labute approximate surface area is 98.9 Å². The van der Waals surface area contributed by atoms with Gasteiger partial charge in [0.25, 0.3) is 0 Å². The smallest absolute Gasteiger partial charge is 0.323 e. The average Bonchev–Trinajstić information content (AvgIpc) is 2.15. The summed E-state index contributed by atoms with van der Waals surface area (Å²) in [6, 6.07) is 0.339. The zero-order valence-electron chi connectivity index (χ0n) is 11.2. The highest BCUT2D eigenvalue weighted by Gasteiger charge is 2.30. The van der Waals surface area contributed by atoms with Crippen molar-refractivity contribution in [3.63, 3.8) is 0 Å². The lowest BCUT2D eigenvalue weighted by molar-refractivity contribution is -0.158. The van der Waals surface area contributed by atoms with Crippen molar-refractivity contribution in [1.29, 1.82) is 0 Å². The summed E-state index contributed by atoms with van der Waals surface area (Å²) in [6.07, 6.45) is 3.18. The molecule has 1 aliphatic rings. The number of rotatable bonds is 2. The molecule has 0 unspecified atom stereocenters. The molecule has 0 aromatic rings. The van der Waals surface area contributed by atoms with E-state index in [1.165, 1.54) is 0 Å². The maximum absolute atomic E-state index is 11.9. The highest BCUT2D eigenvalue weighted by Crippen LogP contribution is 2.20. The van der Waals surface area contributed by atoms with E-state index in [1.807, 2.05) is 20.8 Å². The van der Waals surface area contributed by atoms with Gasteiger partial charge in [0.15, 0.2) is 0 Å². The van der Waals surface area contributed by atoms with E-state index in [2.05, 4.69) is 19.2 Å². The molecule has 1 fully saturated rings. The molecule has 16 heavy (non-hydrogen) atoms. The molecule has 0 aromatic carbocycles. The molecule has 94 valence electrons. The topological polar surface area (TPSA) is 38.3 Å². The van der Waals surface area contributed by atoms with Gasteiger partial charge in [-0.05, 0) is 46.0 Å². The Hall–Kier alpha value is -0.570. The molecule has 0 spiro atoms. The number of ether oxygens (including phenoxy) is 1. The Bertz CT molecular complexity index is 243. The third kappa shape index (κ3) is 4.12. The van der Waals surface area contributed by atoms with Crippen molar-refractivity contribution in [2.24, 2.45) is 5.92 Å². The molecular formula is C13H25NO2. The number of esters is 1. The molecule has 0 amide bonds. The normalized spacial score (nSPS) is 26.9. The molecule has 1 rings (SSSR count). The molecule has 0 bridgehead atoms. The van der Waals surface area contributed by atoms with Crippen molar-refractivity contribution in [3.8, 4) is 0 Å². The van der Waals surface area contributed by atoms with Crippen LogP contribution in [0, 0.1) is 5.92 Å². The van der Waals surface area contributed by atoms with Crippen LogP contribution in [-0.4, -0.2) is 23.7 Å². The molecule has 3 nitrogen and oxygen atoms in total. The highest BCUT2D eigenvalue weighted by molar-refractivity contribution is 5.76. The third-order valence-electron chi connectivity index (χ3n) is 2.92. The minimum atomic E-state index is -0.385. The predicted octanol–water partition coefficient (Wildman–Crippen LogP) is 2.49. The molecule has 0 aromatic heterocycles.